The van der Waals surface area contributed by atoms with Gasteiger partial charge in [-0.2, -0.15) is 0 Å². The minimum Gasteiger partial charge on any atom is -0.551 e. The summed E-state index contributed by atoms with van der Waals surface area (Å²) in [6, 6.07) is 88.3. The summed E-state index contributed by atoms with van der Waals surface area (Å²) >= 11 is 0. The zero-order valence-corrected chi connectivity index (χ0v) is 36.4. The second kappa shape index (κ2) is 15.0. The van der Waals surface area contributed by atoms with Gasteiger partial charge in [-0.15, -0.1) is 0 Å². The monoisotopic (exact) mass is 845 g/mol. The highest BCUT2D eigenvalue weighted by atomic mass is 28.3. The lowest BCUT2D eigenvalue weighted by Crippen LogP contribution is -2.75. The molecule has 13 rings (SSSR count). The van der Waals surface area contributed by atoms with E-state index in [1.165, 1.54) is 48.1 Å². The molecule has 3 heterocycles. The molecular formula is C60H40BNO2Si. The van der Waals surface area contributed by atoms with Crippen molar-refractivity contribution >= 4 is 68.5 Å². The molecule has 5 heteroatoms. The van der Waals surface area contributed by atoms with Gasteiger partial charge in [-0.25, -0.2) is 0 Å². The number of fused-ring (bicyclic) bond motifs is 7. The van der Waals surface area contributed by atoms with Gasteiger partial charge in [-0.05, 0) is 79.4 Å². The first-order chi connectivity index (χ1) is 32.3. The van der Waals surface area contributed by atoms with Crippen molar-refractivity contribution in [2.24, 2.45) is 0 Å². The molecule has 0 atom stereocenters. The molecule has 0 saturated heterocycles. The van der Waals surface area contributed by atoms with Crippen molar-refractivity contribution in [3.8, 4) is 56.3 Å². The Morgan fingerprint density at radius 1 is 0.369 bits per heavy atom. The Labute approximate surface area is 379 Å². The first-order valence-corrected chi connectivity index (χ1v) is 24.4. The predicted molar refractivity (Wildman–Crippen MR) is 273 cm³/mol. The molecule has 0 fully saturated rings. The molecule has 3 nitrogen and oxygen atoms in total. The lowest BCUT2D eigenvalue weighted by Gasteiger charge is -2.36. The largest absolute Gasteiger partial charge is 0.551 e. The zero-order valence-electron chi connectivity index (χ0n) is 35.4. The molecule has 0 saturated carbocycles. The Morgan fingerprint density at radius 3 is 1.57 bits per heavy atom. The zero-order chi connectivity index (χ0) is 42.9. The van der Waals surface area contributed by atoms with Gasteiger partial charge in [-0.3, -0.25) is 0 Å². The molecule has 0 amide bonds. The van der Waals surface area contributed by atoms with E-state index in [1.54, 1.807) is 0 Å². The molecule has 0 unspecified atom stereocenters. The number of para-hydroxylation sites is 3. The summed E-state index contributed by atoms with van der Waals surface area (Å²) in [5, 5.41) is 7.85. The fourth-order valence-electron chi connectivity index (χ4n) is 10.9. The van der Waals surface area contributed by atoms with Crippen molar-refractivity contribution in [2.75, 3.05) is 0 Å². The number of rotatable bonds is 7. The van der Waals surface area contributed by atoms with Crippen LogP contribution >= 0.6 is 0 Å². The van der Waals surface area contributed by atoms with E-state index >= 15 is 0 Å². The number of hydrogen-bond donors (Lipinski definition) is 0. The quantitative estimate of drug-likeness (QED) is 0.118. The van der Waals surface area contributed by atoms with Crippen molar-refractivity contribution in [2.45, 2.75) is 0 Å². The van der Waals surface area contributed by atoms with Gasteiger partial charge in [0, 0.05) is 32.8 Å². The van der Waals surface area contributed by atoms with E-state index in [2.05, 4.69) is 247 Å². The van der Waals surface area contributed by atoms with Crippen molar-refractivity contribution in [1.29, 1.82) is 0 Å². The van der Waals surface area contributed by atoms with E-state index in [-0.39, 0.29) is 6.92 Å². The van der Waals surface area contributed by atoms with Crippen LogP contribution in [0.5, 0.6) is 17.2 Å². The SMILES string of the molecule is c1ccc([Si](c2ccccc2)(c2ccccc2)c2ccccc2-c2ccc3c(c2)OB2c4ccc(-c5ccccc5-n5c6ccccc6c6ccccc65)cc4Oc4cccc-3c42)cc1. The van der Waals surface area contributed by atoms with Crippen molar-refractivity contribution in [3.05, 3.63) is 243 Å². The van der Waals surface area contributed by atoms with Crippen LogP contribution in [0.4, 0.5) is 0 Å². The van der Waals surface area contributed by atoms with Gasteiger partial charge in [0.15, 0.2) is 8.07 Å². The lowest BCUT2D eigenvalue weighted by molar-refractivity contribution is 0.479. The minimum absolute atomic E-state index is 0.337. The molecular weight excluding hydrogens is 806 g/mol. The summed E-state index contributed by atoms with van der Waals surface area (Å²) in [6.45, 7) is -0.337. The molecule has 65 heavy (non-hydrogen) atoms. The van der Waals surface area contributed by atoms with Crippen LogP contribution in [0.1, 0.15) is 0 Å². The maximum absolute atomic E-state index is 7.26. The van der Waals surface area contributed by atoms with Crippen molar-refractivity contribution in [1.82, 2.24) is 4.57 Å². The van der Waals surface area contributed by atoms with E-state index in [0.29, 0.717) is 0 Å². The summed E-state index contributed by atoms with van der Waals surface area (Å²) in [5.74, 6) is 2.51. The average molecular weight is 846 g/mol. The number of hydrogen-bond acceptors (Lipinski definition) is 2. The molecule has 304 valence electrons. The van der Waals surface area contributed by atoms with Crippen LogP contribution in [-0.4, -0.2) is 19.6 Å². The molecule has 0 aliphatic carbocycles. The Bertz CT molecular complexity index is 3470. The molecule has 10 aromatic carbocycles. The fourth-order valence-corrected chi connectivity index (χ4v) is 15.9. The van der Waals surface area contributed by atoms with Gasteiger partial charge in [0.25, 0.3) is 0 Å². The lowest BCUT2D eigenvalue weighted by atomic mass is 9.51. The van der Waals surface area contributed by atoms with E-state index in [9.17, 15) is 0 Å². The highest BCUT2D eigenvalue weighted by molar-refractivity contribution is 7.20. The maximum atomic E-state index is 7.26. The van der Waals surface area contributed by atoms with Crippen molar-refractivity contribution in [3.63, 3.8) is 0 Å². The Hall–Kier alpha value is -8.12. The number of aromatic nitrogens is 1. The first-order valence-electron chi connectivity index (χ1n) is 22.4. The Kier molecular flexibility index (Phi) is 8.65. The molecule has 0 radical (unpaired) electrons. The van der Waals surface area contributed by atoms with Gasteiger partial charge < -0.3 is 14.0 Å². The minimum atomic E-state index is -2.83. The third-order valence-electron chi connectivity index (χ3n) is 13.7. The highest BCUT2D eigenvalue weighted by Crippen LogP contribution is 2.42. The average Bonchev–Trinajstić information content (AvgIpc) is 3.72. The van der Waals surface area contributed by atoms with E-state index < -0.39 is 8.07 Å². The van der Waals surface area contributed by atoms with Gasteiger partial charge in [0.2, 0.25) is 0 Å². The molecule has 0 N–H and O–H groups in total. The summed E-state index contributed by atoms with van der Waals surface area (Å²) < 4.78 is 16.5. The van der Waals surface area contributed by atoms with Crippen LogP contribution in [-0.2, 0) is 0 Å². The number of ether oxygens (including phenoxy) is 1. The van der Waals surface area contributed by atoms with Crippen LogP contribution in [0.2, 0.25) is 0 Å². The van der Waals surface area contributed by atoms with Crippen molar-refractivity contribution < 1.29 is 9.39 Å². The standard InChI is InChI=1S/C60H40BNO2Si/c1-4-19-43(20-5-1)65(44-21-6-2-7-22-44,45-23-8-3-9-24-45)59-34-17-13-26-47(59)42-35-37-50-51-29-18-33-56-60(51)61(64-57(50)39-42)52-38-36-41(40-58(52)63-56)46-25-10-14-30-53(46)62-54-31-15-11-27-48(54)49-28-12-16-32-55(49)62/h1-40H. The number of nitrogens with zero attached hydrogens (tertiary/aromatic N) is 1. The van der Waals surface area contributed by atoms with Gasteiger partial charge in [0.1, 0.15) is 17.2 Å². The third-order valence-corrected chi connectivity index (χ3v) is 18.5. The van der Waals surface area contributed by atoms with Crippen LogP contribution in [0.25, 0.3) is 60.9 Å². The molecule has 2 aliphatic rings. The van der Waals surface area contributed by atoms with Crippen LogP contribution in [0.3, 0.4) is 0 Å². The Balaban J connectivity index is 0.938. The summed E-state index contributed by atoms with van der Waals surface area (Å²) in [4.78, 5) is 0. The van der Waals surface area contributed by atoms with Crippen LogP contribution in [0.15, 0.2) is 243 Å². The van der Waals surface area contributed by atoms with Gasteiger partial charge in [-0.1, -0.05) is 206 Å². The summed E-state index contributed by atoms with van der Waals surface area (Å²) in [7, 11) is -2.83. The third kappa shape index (κ3) is 5.76. The fraction of sp³-hybridized carbons (Fsp3) is 0. The topological polar surface area (TPSA) is 23.4 Å². The molecule has 2 aliphatic heterocycles. The maximum Gasteiger partial charge on any atom is 0.434 e. The van der Waals surface area contributed by atoms with Gasteiger partial charge in [0.05, 0.1) is 16.7 Å². The Morgan fingerprint density at radius 2 is 0.892 bits per heavy atom. The molecule has 0 bridgehead atoms. The van der Waals surface area contributed by atoms with Crippen LogP contribution < -0.4 is 41.1 Å². The molecule has 1 aromatic heterocycles. The summed E-state index contributed by atoms with van der Waals surface area (Å²) in [6.07, 6.45) is 0. The normalized spacial score (nSPS) is 12.5. The van der Waals surface area contributed by atoms with E-state index in [0.717, 1.165) is 61.7 Å². The van der Waals surface area contributed by atoms with Gasteiger partial charge >= 0.3 is 6.92 Å². The molecule has 0 spiro atoms. The first kappa shape index (κ1) is 37.4. The van der Waals surface area contributed by atoms with Crippen LogP contribution in [0, 0.1) is 0 Å². The summed E-state index contributed by atoms with van der Waals surface area (Å²) in [5.41, 5.74) is 12.3. The second-order valence-electron chi connectivity index (χ2n) is 17.1. The second-order valence-corrected chi connectivity index (χ2v) is 20.8. The number of benzene rings is 10. The highest BCUT2D eigenvalue weighted by Gasteiger charge is 2.44. The smallest absolute Gasteiger partial charge is 0.434 e. The predicted octanol–water partition coefficient (Wildman–Crippen LogP) is 10.8. The van der Waals surface area contributed by atoms with E-state index in [1.807, 2.05) is 0 Å². The molecule has 11 aromatic rings. The van der Waals surface area contributed by atoms with E-state index in [4.69, 9.17) is 9.39 Å².